The van der Waals surface area contributed by atoms with E-state index in [4.69, 9.17) is 14.9 Å². The van der Waals surface area contributed by atoms with E-state index in [2.05, 4.69) is 11.0 Å². The molecule has 1 unspecified atom stereocenters. The first kappa shape index (κ1) is 13.2. The fourth-order valence-electron chi connectivity index (χ4n) is 3.26. The minimum Gasteiger partial charge on any atom is -0.468 e. The maximum atomic E-state index is 6.18. The Labute approximate surface area is 114 Å². The summed E-state index contributed by atoms with van der Waals surface area (Å²) in [6.45, 7) is 2.25. The van der Waals surface area contributed by atoms with E-state index >= 15 is 0 Å². The van der Waals surface area contributed by atoms with Crippen LogP contribution in [0.25, 0.3) is 0 Å². The van der Waals surface area contributed by atoms with Crippen LogP contribution >= 0.6 is 0 Å². The molecule has 2 N–H and O–H groups in total. The summed E-state index contributed by atoms with van der Waals surface area (Å²) in [6, 6.07) is 4.67. The Kier molecular flexibility index (Phi) is 3.65. The third-order valence-electron chi connectivity index (χ3n) is 4.55. The minimum absolute atomic E-state index is 0.00269. The lowest BCUT2D eigenvalue weighted by Crippen LogP contribution is -2.59. The normalized spacial score (nSPS) is 22.7. The zero-order valence-corrected chi connectivity index (χ0v) is 11.7. The van der Waals surface area contributed by atoms with Crippen LogP contribution in [-0.4, -0.2) is 36.7 Å². The molecular formula is C15H24N2O2. The summed E-state index contributed by atoms with van der Waals surface area (Å²) < 4.78 is 11.1. The van der Waals surface area contributed by atoms with Gasteiger partial charge in [0.25, 0.3) is 0 Å². The van der Waals surface area contributed by atoms with Gasteiger partial charge in [0, 0.05) is 19.7 Å². The summed E-state index contributed by atoms with van der Waals surface area (Å²) in [6.07, 6.45) is 6.86. The van der Waals surface area contributed by atoms with Crippen molar-refractivity contribution in [1.82, 2.24) is 4.90 Å². The fraction of sp³-hybridized carbons (Fsp3) is 0.733. The number of hydrogen-bond donors (Lipinski definition) is 1. The molecule has 0 spiro atoms. The highest BCUT2D eigenvalue weighted by Gasteiger charge is 2.52. The van der Waals surface area contributed by atoms with Crippen molar-refractivity contribution in [3.8, 4) is 0 Å². The molecule has 106 valence electrons. The molecule has 2 aliphatic rings. The third kappa shape index (κ3) is 2.57. The lowest BCUT2D eigenvalue weighted by atomic mass is 9.91. The van der Waals surface area contributed by atoms with Crippen molar-refractivity contribution >= 4 is 0 Å². The van der Waals surface area contributed by atoms with Gasteiger partial charge in [-0.15, -0.1) is 0 Å². The second kappa shape index (κ2) is 5.27. The Hall–Kier alpha value is -0.840. The number of methoxy groups -OCH3 is 1. The Morgan fingerprint density at radius 3 is 2.68 bits per heavy atom. The minimum atomic E-state index is 0.00269. The van der Waals surface area contributed by atoms with Gasteiger partial charge in [0.15, 0.2) is 0 Å². The van der Waals surface area contributed by atoms with Crippen LogP contribution in [0.5, 0.6) is 0 Å². The van der Waals surface area contributed by atoms with E-state index in [1.165, 1.54) is 25.7 Å². The zero-order valence-electron chi connectivity index (χ0n) is 11.7. The Bertz CT molecular complexity index is 398. The molecule has 2 fully saturated rings. The number of hydrogen-bond acceptors (Lipinski definition) is 4. The van der Waals surface area contributed by atoms with E-state index < -0.39 is 0 Å². The molecule has 0 saturated heterocycles. The van der Waals surface area contributed by atoms with Crippen molar-refractivity contribution in [2.24, 2.45) is 11.7 Å². The van der Waals surface area contributed by atoms with Gasteiger partial charge in [0.2, 0.25) is 0 Å². The predicted molar refractivity (Wildman–Crippen MR) is 73.7 cm³/mol. The summed E-state index contributed by atoms with van der Waals surface area (Å²) in [5, 5.41) is 0. The molecule has 0 amide bonds. The highest BCUT2D eigenvalue weighted by atomic mass is 16.5. The second-order valence-corrected chi connectivity index (χ2v) is 5.95. The van der Waals surface area contributed by atoms with Crippen molar-refractivity contribution in [2.75, 3.05) is 20.3 Å². The van der Waals surface area contributed by atoms with Gasteiger partial charge in [0.05, 0.1) is 25.0 Å². The topological polar surface area (TPSA) is 51.6 Å². The molecule has 0 aromatic carbocycles. The van der Waals surface area contributed by atoms with Gasteiger partial charge < -0.3 is 14.9 Å². The van der Waals surface area contributed by atoms with Crippen LogP contribution in [0.1, 0.15) is 31.4 Å². The monoisotopic (exact) mass is 264 g/mol. The summed E-state index contributed by atoms with van der Waals surface area (Å²) in [7, 11) is 1.78. The van der Waals surface area contributed by atoms with E-state index in [9.17, 15) is 0 Å². The van der Waals surface area contributed by atoms with Crippen LogP contribution in [0.3, 0.4) is 0 Å². The lowest BCUT2D eigenvalue weighted by molar-refractivity contribution is -0.0152. The van der Waals surface area contributed by atoms with Gasteiger partial charge >= 0.3 is 0 Å². The molecule has 19 heavy (non-hydrogen) atoms. The first-order valence-electron chi connectivity index (χ1n) is 7.28. The zero-order chi connectivity index (χ0) is 13.3. The first-order valence-corrected chi connectivity index (χ1v) is 7.28. The van der Waals surface area contributed by atoms with Crippen LogP contribution in [0, 0.1) is 5.92 Å². The average molecular weight is 264 g/mol. The molecular weight excluding hydrogens is 240 g/mol. The van der Waals surface area contributed by atoms with Gasteiger partial charge in [-0.3, -0.25) is 4.90 Å². The van der Waals surface area contributed by atoms with E-state index in [0.717, 1.165) is 18.9 Å². The first-order chi connectivity index (χ1) is 9.30. The smallest absolute Gasteiger partial charge is 0.117 e. The third-order valence-corrected chi connectivity index (χ3v) is 4.55. The predicted octanol–water partition coefficient (Wildman–Crippen LogP) is 2.00. The Balaban J connectivity index is 1.83. The maximum Gasteiger partial charge on any atom is 0.117 e. The summed E-state index contributed by atoms with van der Waals surface area (Å²) in [4.78, 5) is 2.56. The second-order valence-electron chi connectivity index (χ2n) is 5.95. The number of nitrogens with zero attached hydrogens (tertiary/aromatic N) is 1. The van der Waals surface area contributed by atoms with Crippen molar-refractivity contribution in [3.63, 3.8) is 0 Å². The summed E-state index contributed by atoms with van der Waals surface area (Å²) in [5.41, 5.74) is 6.18. The van der Waals surface area contributed by atoms with Gasteiger partial charge in [0.1, 0.15) is 5.76 Å². The van der Waals surface area contributed by atoms with Crippen molar-refractivity contribution in [2.45, 2.75) is 43.8 Å². The molecule has 3 rings (SSSR count). The summed E-state index contributed by atoms with van der Waals surface area (Å²) >= 11 is 0. The Morgan fingerprint density at radius 1 is 1.42 bits per heavy atom. The lowest BCUT2D eigenvalue weighted by Gasteiger charge is -2.43. The number of ether oxygens (including phenoxy) is 1. The Morgan fingerprint density at radius 2 is 2.21 bits per heavy atom. The molecule has 4 nitrogen and oxygen atoms in total. The van der Waals surface area contributed by atoms with Gasteiger partial charge in [-0.25, -0.2) is 0 Å². The van der Waals surface area contributed by atoms with E-state index in [0.29, 0.717) is 18.5 Å². The maximum absolute atomic E-state index is 6.18. The van der Waals surface area contributed by atoms with Crippen LogP contribution < -0.4 is 5.73 Å². The highest BCUT2D eigenvalue weighted by Crippen LogP contribution is 2.47. The standard InChI is InChI=1S/C15H24N2O2/c1-18-11-15(10-16,12-4-5-12)17(13-6-7-13)9-14-3-2-8-19-14/h2-3,8,12-13H,4-7,9-11,16H2,1H3. The molecule has 1 aromatic heterocycles. The van der Waals surface area contributed by atoms with Gasteiger partial charge in [-0.05, 0) is 43.7 Å². The number of furan rings is 1. The molecule has 1 atom stereocenters. The molecule has 0 aliphatic heterocycles. The molecule has 1 heterocycles. The van der Waals surface area contributed by atoms with Crippen molar-refractivity contribution < 1.29 is 9.15 Å². The number of nitrogens with two attached hydrogens (primary N) is 1. The molecule has 4 heteroatoms. The van der Waals surface area contributed by atoms with Crippen LogP contribution in [0.2, 0.25) is 0 Å². The highest BCUT2D eigenvalue weighted by molar-refractivity contribution is 5.10. The van der Waals surface area contributed by atoms with Gasteiger partial charge in [-0.2, -0.15) is 0 Å². The largest absolute Gasteiger partial charge is 0.468 e. The average Bonchev–Trinajstić information content (AvgIpc) is 3.33. The van der Waals surface area contributed by atoms with Crippen LogP contribution in [0.4, 0.5) is 0 Å². The van der Waals surface area contributed by atoms with E-state index in [1.54, 1.807) is 13.4 Å². The molecule has 2 saturated carbocycles. The van der Waals surface area contributed by atoms with Gasteiger partial charge in [-0.1, -0.05) is 0 Å². The molecule has 0 radical (unpaired) electrons. The molecule has 1 aromatic rings. The van der Waals surface area contributed by atoms with E-state index in [1.807, 2.05) is 6.07 Å². The quantitative estimate of drug-likeness (QED) is 0.780. The number of rotatable bonds is 8. The van der Waals surface area contributed by atoms with Crippen molar-refractivity contribution in [3.05, 3.63) is 24.2 Å². The molecule has 0 bridgehead atoms. The van der Waals surface area contributed by atoms with Crippen LogP contribution in [-0.2, 0) is 11.3 Å². The molecule has 2 aliphatic carbocycles. The van der Waals surface area contributed by atoms with Crippen LogP contribution in [0.15, 0.2) is 22.8 Å². The van der Waals surface area contributed by atoms with E-state index in [-0.39, 0.29) is 5.54 Å². The summed E-state index contributed by atoms with van der Waals surface area (Å²) in [5.74, 6) is 1.72. The van der Waals surface area contributed by atoms with Crippen molar-refractivity contribution in [1.29, 1.82) is 0 Å². The fourth-order valence-corrected chi connectivity index (χ4v) is 3.26. The SMILES string of the molecule is COCC(CN)(C1CC1)N(Cc1ccco1)C1CC1.